The zero-order chi connectivity index (χ0) is 18.8. The molecule has 0 amide bonds. The van der Waals surface area contributed by atoms with Gasteiger partial charge in [0.2, 0.25) is 5.78 Å². The highest BCUT2D eigenvalue weighted by Crippen LogP contribution is 2.13. The molecule has 0 spiro atoms. The second kappa shape index (κ2) is 9.58. The van der Waals surface area contributed by atoms with Crippen LogP contribution < -0.4 is 16.4 Å². The van der Waals surface area contributed by atoms with Crippen molar-refractivity contribution in [2.24, 2.45) is 10.7 Å². The van der Waals surface area contributed by atoms with E-state index in [0.717, 1.165) is 11.4 Å². The summed E-state index contributed by atoms with van der Waals surface area (Å²) in [6, 6.07) is 16.7. The Morgan fingerprint density at radius 2 is 1.69 bits per heavy atom. The van der Waals surface area contributed by atoms with Gasteiger partial charge in [-0.1, -0.05) is 18.2 Å². The van der Waals surface area contributed by atoms with Crippen LogP contribution in [0.3, 0.4) is 0 Å². The van der Waals surface area contributed by atoms with Crippen molar-refractivity contribution in [3.63, 3.8) is 0 Å². The largest absolute Gasteiger partial charge is 0.405 e. The van der Waals surface area contributed by atoms with E-state index < -0.39 is 5.78 Å². The van der Waals surface area contributed by atoms with Crippen LogP contribution in [0.1, 0.15) is 0 Å². The Morgan fingerprint density at radius 1 is 1.04 bits per heavy atom. The number of hydrogen-bond donors (Lipinski definition) is 4. The normalized spacial score (nSPS) is 11.7. The van der Waals surface area contributed by atoms with Crippen molar-refractivity contribution in [3.8, 4) is 0 Å². The maximum absolute atomic E-state index is 12.2. The van der Waals surface area contributed by atoms with E-state index in [4.69, 9.17) is 11.1 Å². The van der Waals surface area contributed by atoms with Crippen molar-refractivity contribution in [3.05, 3.63) is 79.1 Å². The van der Waals surface area contributed by atoms with Gasteiger partial charge in [-0.3, -0.25) is 10.2 Å². The standard InChI is InChI=1S/C20H21N5O/c1-23-15-7-9-16(10-8-15)24-14-12-19(26)20(22)18(11-13-21)25-17-5-3-2-4-6-17/h2-14,22-24H,21H2,1H3. The molecule has 5 N–H and O–H groups in total. The highest BCUT2D eigenvalue weighted by atomic mass is 16.1. The maximum Gasteiger partial charge on any atom is 0.207 e. The van der Waals surface area contributed by atoms with Gasteiger partial charge in [-0.05, 0) is 48.7 Å². The molecule has 26 heavy (non-hydrogen) atoms. The molecule has 0 heterocycles. The first-order valence-electron chi connectivity index (χ1n) is 8.00. The SMILES string of the molecule is CNc1ccc(NC=CC(=O)C(=N)C(C=CN)=Nc2ccccc2)cc1. The Balaban J connectivity index is 2.05. The van der Waals surface area contributed by atoms with E-state index in [2.05, 4.69) is 15.6 Å². The van der Waals surface area contributed by atoms with Crippen LogP contribution in [0.4, 0.5) is 17.1 Å². The van der Waals surface area contributed by atoms with Crippen LogP contribution >= 0.6 is 0 Å². The number of anilines is 2. The summed E-state index contributed by atoms with van der Waals surface area (Å²) in [4.78, 5) is 16.5. The number of carbonyl (C=O) groups excluding carboxylic acids is 1. The molecule has 0 saturated heterocycles. The van der Waals surface area contributed by atoms with Gasteiger partial charge in [0.15, 0.2) is 0 Å². The predicted molar refractivity (Wildman–Crippen MR) is 108 cm³/mol. The van der Waals surface area contributed by atoms with Crippen LogP contribution in [0.15, 0.2) is 84.1 Å². The molecule has 0 aliphatic rings. The smallest absolute Gasteiger partial charge is 0.207 e. The summed E-state index contributed by atoms with van der Waals surface area (Å²) in [5, 5.41) is 14.1. The highest BCUT2D eigenvalue weighted by molar-refractivity contribution is 6.70. The molecular weight excluding hydrogens is 326 g/mol. The molecule has 0 aliphatic heterocycles. The number of hydrogen-bond acceptors (Lipinski definition) is 6. The quantitative estimate of drug-likeness (QED) is 0.433. The van der Waals surface area contributed by atoms with E-state index in [1.165, 1.54) is 24.6 Å². The molecule has 0 aliphatic carbocycles. The molecule has 0 radical (unpaired) electrons. The van der Waals surface area contributed by atoms with Gasteiger partial charge >= 0.3 is 0 Å². The van der Waals surface area contributed by atoms with Crippen LogP contribution in [-0.2, 0) is 4.79 Å². The Hall–Kier alpha value is -3.67. The first-order chi connectivity index (χ1) is 12.6. The molecule has 6 nitrogen and oxygen atoms in total. The van der Waals surface area contributed by atoms with Gasteiger partial charge in [-0.15, -0.1) is 0 Å². The highest BCUT2D eigenvalue weighted by Gasteiger charge is 2.11. The molecule has 0 aromatic heterocycles. The van der Waals surface area contributed by atoms with Crippen molar-refractivity contribution >= 4 is 34.3 Å². The van der Waals surface area contributed by atoms with Gasteiger partial charge in [0, 0.05) is 30.7 Å². The lowest BCUT2D eigenvalue weighted by Crippen LogP contribution is -2.20. The average Bonchev–Trinajstić information content (AvgIpc) is 2.68. The van der Waals surface area contributed by atoms with E-state index in [-0.39, 0.29) is 11.4 Å². The lowest BCUT2D eigenvalue weighted by atomic mass is 10.1. The molecular formula is C20H21N5O. The number of nitrogens with zero attached hydrogens (tertiary/aromatic N) is 1. The Bertz CT molecular complexity index is 836. The molecule has 0 saturated carbocycles. The van der Waals surface area contributed by atoms with Crippen molar-refractivity contribution < 1.29 is 4.79 Å². The molecule has 0 unspecified atom stereocenters. The van der Waals surface area contributed by atoms with E-state index in [9.17, 15) is 4.79 Å². The van der Waals surface area contributed by atoms with Gasteiger partial charge < -0.3 is 16.4 Å². The van der Waals surface area contributed by atoms with Crippen molar-refractivity contribution in [1.82, 2.24) is 0 Å². The topological polar surface area (TPSA) is 103 Å². The second-order valence-electron chi connectivity index (χ2n) is 5.24. The monoisotopic (exact) mass is 347 g/mol. The molecule has 132 valence electrons. The number of para-hydroxylation sites is 1. The van der Waals surface area contributed by atoms with Crippen molar-refractivity contribution in [2.45, 2.75) is 0 Å². The number of rotatable bonds is 8. The zero-order valence-corrected chi connectivity index (χ0v) is 14.4. The lowest BCUT2D eigenvalue weighted by molar-refractivity contribution is -0.108. The fourth-order valence-electron chi connectivity index (χ4n) is 2.07. The van der Waals surface area contributed by atoms with E-state index in [0.29, 0.717) is 5.69 Å². The number of allylic oxidation sites excluding steroid dienone is 2. The first kappa shape index (κ1) is 18.7. The number of nitrogens with one attached hydrogen (secondary N) is 3. The number of carbonyl (C=O) groups is 1. The third kappa shape index (κ3) is 5.45. The molecule has 2 aromatic carbocycles. The van der Waals surface area contributed by atoms with E-state index in [1.54, 1.807) is 12.1 Å². The van der Waals surface area contributed by atoms with Crippen molar-refractivity contribution in [2.75, 3.05) is 17.7 Å². The van der Waals surface area contributed by atoms with Crippen LogP contribution in [0.25, 0.3) is 0 Å². The lowest BCUT2D eigenvalue weighted by Gasteiger charge is -2.04. The first-order valence-corrected chi connectivity index (χ1v) is 8.00. The summed E-state index contributed by atoms with van der Waals surface area (Å²) < 4.78 is 0. The summed E-state index contributed by atoms with van der Waals surface area (Å²) in [6.45, 7) is 0. The summed E-state index contributed by atoms with van der Waals surface area (Å²) in [7, 11) is 1.84. The molecule has 2 aromatic rings. The molecule has 0 bridgehead atoms. The molecule has 0 atom stereocenters. The van der Waals surface area contributed by atoms with Crippen LogP contribution in [0.2, 0.25) is 0 Å². The number of nitrogens with two attached hydrogens (primary N) is 1. The Kier molecular flexibility index (Phi) is 6.88. The van der Waals surface area contributed by atoms with Crippen LogP contribution in [0.5, 0.6) is 0 Å². The Labute approximate surface area is 152 Å². The van der Waals surface area contributed by atoms with Gasteiger partial charge in [0.05, 0.1) is 11.4 Å². The van der Waals surface area contributed by atoms with Crippen LogP contribution in [-0.4, -0.2) is 24.3 Å². The van der Waals surface area contributed by atoms with Gasteiger partial charge in [0.1, 0.15) is 5.71 Å². The number of ketones is 1. The summed E-state index contributed by atoms with van der Waals surface area (Å²) >= 11 is 0. The van der Waals surface area contributed by atoms with Crippen molar-refractivity contribution in [1.29, 1.82) is 5.41 Å². The molecule has 6 heteroatoms. The van der Waals surface area contributed by atoms with Gasteiger partial charge in [0.25, 0.3) is 0 Å². The maximum atomic E-state index is 12.2. The minimum atomic E-state index is -0.475. The minimum absolute atomic E-state index is 0.201. The summed E-state index contributed by atoms with van der Waals surface area (Å²) in [6.07, 6.45) is 5.48. The Morgan fingerprint density at radius 3 is 2.31 bits per heavy atom. The van der Waals surface area contributed by atoms with E-state index in [1.807, 2.05) is 49.5 Å². The zero-order valence-electron chi connectivity index (χ0n) is 14.4. The summed E-state index contributed by atoms with van der Waals surface area (Å²) in [5.41, 5.74) is 7.85. The van der Waals surface area contributed by atoms with E-state index >= 15 is 0 Å². The minimum Gasteiger partial charge on any atom is -0.405 e. The molecule has 2 rings (SSSR count). The fourth-order valence-corrected chi connectivity index (χ4v) is 2.07. The van der Waals surface area contributed by atoms with Gasteiger partial charge in [-0.2, -0.15) is 0 Å². The summed E-state index contributed by atoms with van der Waals surface area (Å²) in [5.74, 6) is -0.475. The number of benzene rings is 2. The third-order valence-corrected chi connectivity index (χ3v) is 3.42. The third-order valence-electron chi connectivity index (χ3n) is 3.42. The number of aliphatic imine (C=N–C) groups is 1. The fraction of sp³-hybridized carbons (Fsp3) is 0.0500. The predicted octanol–water partition coefficient (Wildman–Crippen LogP) is 3.49. The molecule has 0 fully saturated rings. The van der Waals surface area contributed by atoms with Gasteiger partial charge in [-0.25, -0.2) is 4.99 Å². The van der Waals surface area contributed by atoms with Crippen LogP contribution in [0, 0.1) is 5.41 Å². The second-order valence-corrected chi connectivity index (χ2v) is 5.24. The average molecular weight is 347 g/mol.